The molecule has 1 aliphatic rings. The van der Waals surface area contributed by atoms with Gasteiger partial charge in [0, 0.05) is 16.6 Å². The Balaban J connectivity index is 2.22. The van der Waals surface area contributed by atoms with Gasteiger partial charge in [0.25, 0.3) is 0 Å². The first-order valence-electron chi connectivity index (χ1n) is 5.76. The van der Waals surface area contributed by atoms with E-state index in [1.807, 2.05) is 18.2 Å². The van der Waals surface area contributed by atoms with E-state index in [0.29, 0.717) is 0 Å². The van der Waals surface area contributed by atoms with Crippen molar-refractivity contribution in [1.29, 1.82) is 0 Å². The van der Waals surface area contributed by atoms with Crippen LogP contribution in [0.15, 0.2) is 47.4 Å². The predicted octanol–water partition coefficient (Wildman–Crippen LogP) is 4.58. The highest BCUT2D eigenvalue weighted by molar-refractivity contribution is 7.98. The van der Waals surface area contributed by atoms with Gasteiger partial charge >= 0.3 is 0 Å². The van der Waals surface area contributed by atoms with E-state index in [4.69, 9.17) is 0 Å². The standard InChI is InChI=1S/C15H13FS/c1-10-12-6-2-3-8-14(12)17-9-11-5-4-7-13(16)15(10)11/h2-8,10H,9H2,1H3. The van der Waals surface area contributed by atoms with E-state index in [2.05, 4.69) is 19.1 Å². The summed E-state index contributed by atoms with van der Waals surface area (Å²) in [5, 5.41) is 0. The molecular weight excluding hydrogens is 231 g/mol. The highest BCUT2D eigenvalue weighted by Crippen LogP contribution is 2.40. The quantitative estimate of drug-likeness (QED) is 0.653. The van der Waals surface area contributed by atoms with E-state index in [1.165, 1.54) is 10.5 Å². The van der Waals surface area contributed by atoms with Gasteiger partial charge in [-0.1, -0.05) is 37.3 Å². The van der Waals surface area contributed by atoms with Crippen molar-refractivity contribution in [3.63, 3.8) is 0 Å². The molecule has 0 saturated heterocycles. The van der Waals surface area contributed by atoms with Gasteiger partial charge in [-0.2, -0.15) is 0 Å². The van der Waals surface area contributed by atoms with Gasteiger partial charge < -0.3 is 0 Å². The van der Waals surface area contributed by atoms with Crippen LogP contribution in [0.5, 0.6) is 0 Å². The molecule has 1 unspecified atom stereocenters. The number of benzene rings is 2. The second kappa shape index (κ2) is 4.19. The molecule has 86 valence electrons. The van der Waals surface area contributed by atoms with Crippen molar-refractivity contribution in [2.24, 2.45) is 0 Å². The lowest BCUT2D eigenvalue weighted by Crippen LogP contribution is -2.02. The molecule has 2 aromatic rings. The maximum atomic E-state index is 14.0. The van der Waals surface area contributed by atoms with Crippen LogP contribution in [0.25, 0.3) is 0 Å². The minimum atomic E-state index is -0.0766. The summed E-state index contributed by atoms with van der Waals surface area (Å²) in [6.45, 7) is 2.09. The first kappa shape index (κ1) is 10.8. The summed E-state index contributed by atoms with van der Waals surface area (Å²) >= 11 is 1.80. The highest BCUT2D eigenvalue weighted by Gasteiger charge is 2.22. The molecule has 17 heavy (non-hydrogen) atoms. The molecule has 1 heterocycles. The van der Waals surface area contributed by atoms with Crippen molar-refractivity contribution in [1.82, 2.24) is 0 Å². The van der Waals surface area contributed by atoms with E-state index in [0.717, 1.165) is 16.9 Å². The Hall–Kier alpha value is -1.28. The van der Waals surface area contributed by atoms with Crippen LogP contribution in [0.3, 0.4) is 0 Å². The number of fused-ring (bicyclic) bond motifs is 2. The maximum absolute atomic E-state index is 14.0. The normalized spacial score (nSPS) is 18.1. The average Bonchev–Trinajstić information content (AvgIpc) is 2.49. The number of thioether (sulfide) groups is 1. The van der Waals surface area contributed by atoms with Crippen LogP contribution in [0.2, 0.25) is 0 Å². The van der Waals surface area contributed by atoms with Crippen LogP contribution in [-0.4, -0.2) is 0 Å². The van der Waals surface area contributed by atoms with Gasteiger partial charge in [-0.15, -0.1) is 11.8 Å². The van der Waals surface area contributed by atoms with Gasteiger partial charge in [0.1, 0.15) is 5.82 Å². The fourth-order valence-electron chi connectivity index (χ4n) is 2.47. The topological polar surface area (TPSA) is 0 Å². The summed E-state index contributed by atoms with van der Waals surface area (Å²) < 4.78 is 14.0. The van der Waals surface area contributed by atoms with Crippen LogP contribution in [0, 0.1) is 5.82 Å². The van der Waals surface area contributed by atoms with Crippen molar-refractivity contribution in [3.8, 4) is 0 Å². The molecule has 2 heteroatoms. The van der Waals surface area contributed by atoms with Gasteiger partial charge in [-0.3, -0.25) is 0 Å². The Bertz CT molecular complexity index is 563. The number of halogens is 1. The molecule has 1 atom stereocenters. The molecule has 0 saturated carbocycles. The lowest BCUT2D eigenvalue weighted by Gasteiger charge is -2.15. The molecule has 0 N–H and O–H groups in total. The Morgan fingerprint density at radius 1 is 1.12 bits per heavy atom. The van der Waals surface area contributed by atoms with Crippen molar-refractivity contribution in [2.45, 2.75) is 23.5 Å². The fraction of sp³-hybridized carbons (Fsp3) is 0.200. The Morgan fingerprint density at radius 3 is 2.82 bits per heavy atom. The molecule has 0 spiro atoms. The van der Waals surface area contributed by atoms with Gasteiger partial charge in [-0.05, 0) is 28.8 Å². The number of hydrogen-bond acceptors (Lipinski definition) is 1. The third-order valence-electron chi connectivity index (χ3n) is 3.34. The van der Waals surface area contributed by atoms with Gasteiger partial charge in [-0.25, -0.2) is 4.39 Å². The van der Waals surface area contributed by atoms with E-state index >= 15 is 0 Å². The average molecular weight is 244 g/mol. The third kappa shape index (κ3) is 1.77. The minimum absolute atomic E-state index is 0.0766. The number of rotatable bonds is 0. The zero-order valence-electron chi connectivity index (χ0n) is 9.61. The molecule has 0 nitrogen and oxygen atoms in total. The number of hydrogen-bond donors (Lipinski definition) is 0. The van der Waals surface area contributed by atoms with Crippen LogP contribution >= 0.6 is 11.8 Å². The summed E-state index contributed by atoms with van der Waals surface area (Å²) in [4.78, 5) is 1.27. The zero-order valence-corrected chi connectivity index (χ0v) is 10.4. The molecule has 2 aromatic carbocycles. The zero-order chi connectivity index (χ0) is 11.8. The predicted molar refractivity (Wildman–Crippen MR) is 69.9 cm³/mol. The molecule has 0 aliphatic carbocycles. The Labute approximate surface area is 105 Å². The van der Waals surface area contributed by atoms with Crippen molar-refractivity contribution >= 4 is 11.8 Å². The second-order valence-corrected chi connectivity index (χ2v) is 5.38. The van der Waals surface area contributed by atoms with Crippen LogP contribution < -0.4 is 0 Å². The maximum Gasteiger partial charge on any atom is 0.127 e. The molecule has 0 aromatic heterocycles. The lowest BCUT2D eigenvalue weighted by molar-refractivity contribution is 0.600. The smallest absolute Gasteiger partial charge is 0.127 e. The first-order chi connectivity index (χ1) is 8.27. The monoisotopic (exact) mass is 244 g/mol. The Morgan fingerprint density at radius 2 is 1.94 bits per heavy atom. The SMILES string of the molecule is CC1c2ccccc2SCc2cccc(F)c21. The molecule has 3 rings (SSSR count). The van der Waals surface area contributed by atoms with E-state index < -0.39 is 0 Å². The largest absolute Gasteiger partial charge is 0.207 e. The Kier molecular flexibility index (Phi) is 2.67. The highest BCUT2D eigenvalue weighted by atomic mass is 32.2. The van der Waals surface area contributed by atoms with Gasteiger partial charge in [0.05, 0.1) is 0 Å². The van der Waals surface area contributed by atoms with E-state index in [-0.39, 0.29) is 11.7 Å². The van der Waals surface area contributed by atoms with Crippen molar-refractivity contribution < 1.29 is 4.39 Å². The summed E-state index contributed by atoms with van der Waals surface area (Å²) in [6.07, 6.45) is 0. The minimum Gasteiger partial charge on any atom is -0.207 e. The lowest BCUT2D eigenvalue weighted by atomic mass is 9.90. The summed E-state index contributed by atoms with van der Waals surface area (Å²) in [5.41, 5.74) is 3.23. The fourth-order valence-corrected chi connectivity index (χ4v) is 3.62. The molecular formula is C15H13FS. The van der Waals surface area contributed by atoms with E-state index in [9.17, 15) is 4.39 Å². The molecule has 0 radical (unpaired) electrons. The molecule has 0 amide bonds. The molecule has 1 aliphatic heterocycles. The van der Waals surface area contributed by atoms with Gasteiger partial charge in [0.2, 0.25) is 0 Å². The van der Waals surface area contributed by atoms with Gasteiger partial charge in [0.15, 0.2) is 0 Å². The first-order valence-corrected chi connectivity index (χ1v) is 6.75. The summed E-state index contributed by atoms with van der Waals surface area (Å²) in [5.74, 6) is 0.916. The van der Waals surface area contributed by atoms with Crippen molar-refractivity contribution in [3.05, 3.63) is 65.0 Å². The second-order valence-electron chi connectivity index (χ2n) is 4.36. The molecule has 0 bridgehead atoms. The summed E-state index contributed by atoms with van der Waals surface area (Å²) in [6, 6.07) is 13.7. The summed E-state index contributed by atoms with van der Waals surface area (Å²) in [7, 11) is 0. The van der Waals surface area contributed by atoms with Crippen LogP contribution in [0.1, 0.15) is 29.5 Å². The molecule has 0 fully saturated rings. The van der Waals surface area contributed by atoms with Crippen LogP contribution in [0.4, 0.5) is 4.39 Å². The van der Waals surface area contributed by atoms with E-state index in [1.54, 1.807) is 23.9 Å². The third-order valence-corrected chi connectivity index (χ3v) is 4.48. The van der Waals surface area contributed by atoms with Crippen LogP contribution in [-0.2, 0) is 5.75 Å². The van der Waals surface area contributed by atoms with Crippen molar-refractivity contribution in [2.75, 3.05) is 0 Å².